The van der Waals surface area contributed by atoms with Crippen LogP contribution >= 0.6 is 0 Å². The fourth-order valence-electron chi connectivity index (χ4n) is 2.59. The number of benzene rings is 1. The molecule has 1 aromatic carbocycles. The van der Waals surface area contributed by atoms with E-state index in [2.05, 4.69) is 9.89 Å². The molecule has 6 heteroatoms. The number of carbonyl (C=O) groups excluding carboxylic acids is 1. The number of nitrogens with zero attached hydrogens (tertiary/aromatic N) is 2. The topological polar surface area (TPSA) is 64.3 Å². The van der Waals surface area contributed by atoms with Gasteiger partial charge in [0.25, 0.3) is 0 Å². The van der Waals surface area contributed by atoms with Crippen molar-refractivity contribution in [3.05, 3.63) is 47.2 Å². The molecule has 24 heavy (non-hydrogen) atoms. The van der Waals surface area contributed by atoms with Gasteiger partial charge in [0.2, 0.25) is 0 Å². The summed E-state index contributed by atoms with van der Waals surface area (Å²) < 4.78 is 15.9. The van der Waals surface area contributed by atoms with E-state index >= 15 is 0 Å². The molecule has 3 rings (SSSR count). The lowest BCUT2D eigenvalue weighted by Crippen LogP contribution is -2.35. The first-order valence-corrected chi connectivity index (χ1v) is 7.83. The molecule has 0 aliphatic carbocycles. The smallest absolute Gasteiger partial charge is 0.338 e. The van der Waals surface area contributed by atoms with E-state index in [9.17, 15) is 4.79 Å². The Balaban J connectivity index is 1.76. The van der Waals surface area contributed by atoms with Crippen molar-refractivity contribution in [1.82, 2.24) is 0 Å². The minimum Gasteiger partial charge on any atom is -0.465 e. The predicted molar refractivity (Wildman–Crippen MR) is 91.5 cm³/mol. The van der Waals surface area contributed by atoms with Gasteiger partial charge in [0, 0.05) is 19.2 Å². The van der Waals surface area contributed by atoms with Gasteiger partial charge in [-0.15, -0.1) is 0 Å². The van der Waals surface area contributed by atoms with Crippen LogP contribution in [0.15, 0.2) is 39.7 Å². The zero-order chi connectivity index (χ0) is 16.9. The molecule has 2 heterocycles. The minimum absolute atomic E-state index is 0.364. The Morgan fingerprint density at radius 1 is 1.25 bits per heavy atom. The van der Waals surface area contributed by atoms with Crippen molar-refractivity contribution in [2.75, 3.05) is 38.3 Å². The van der Waals surface area contributed by atoms with Crippen LogP contribution in [0.4, 0.5) is 11.6 Å². The molecular formula is C18H20N2O4. The van der Waals surface area contributed by atoms with Crippen LogP contribution in [-0.2, 0) is 9.47 Å². The maximum atomic E-state index is 11.7. The van der Waals surface area contributed by atoms with Crippen LogP contribution in [0, 0.1) is 6.92 Å². The van der Waals surface area contributed by atoms with Crippen LogP contribution in [0.5, 0.6) is 0 Å². The Hall–Kier alpha value is -2.60. The third-order valence-corrected chi connectivity index (χ3v) is 3.98. The standard InChI is InChI=1S/C18H20N2O4/c1-13-15(18(21)22-2)4-3-5-16(13)19-12-14-6-7-17(24-14)20-8-10-23-11-9-20/h3-7,12H,8-11H2,1-2H3. The average Bonchev–Trinajstić information content (AvgIpc) is 3.10. The molecule has 1 aromatic heterocycles. The molecule has 1 saturated heterocycles. The number of esters is 1. The van der Waals surface area contributed by atoms with Gasteiger partial charge in [0.05, 0.1) is 37.8 Å². The lowest BCUT2D eigenvalue weighted by Gasteiger charge is -2.26. The van der Waals surface area contributed by atoms with Gasteiger partial charge in [-0.05, 0) is 30.7 Å². The summed E-state index contributed by atoms with van der Waals surface area (Å²) in [6, 6.07) is 9.18. The Labute approximate surface area is 140 Å². The fraction of sp³-hybridized carbons (Fsp3) is 0.333. The van der Waals surface area contributed by atoms with E-state index in [1.165, 1.54) is 7.11 Å². The van der Waals surface area contributed by atoms with Gasteiger partial charge in [-0.25, -0.2) is 4.79 Å². The lowest BCUT2D eigenvalue weighted by atomic mass is 10.1. The Morgan fingerprint density at radius 2 is 2.04 bits per heavy atom. The fourth-order valence-corrected chi connectivity index (χ4v) is 2.59. The van der Waals surface area contributed by atoms with Crippen LogP contribution in [0.2, 0.25) is 0 Å². The second-order valence-corrected chi connectivity index (χ2v) is 5.47. The number of carbonyl (C=O) groups is 1. The van der Waals surface area contributed by atoms with Crippen molar-refractivity contribution in [3.8, 4) is 0 Å². The molecule has 2 aromatic rings. The largest absolute Gasteiger partial charge is 0.465 e. The van der Waals surface area contributed by atoms with Gasteiger partial charge in [-0.2, -0.15) is 0 Å². The summed E-state index contributed by atoms with van der Waals surface area (Å²) in [7, 11) is 1.37. The summed E-state index contributed by atoms with van der Waals surface area (Å²) in [6.07, 6.45) is 1.66. The van der Waals surface area contributed by atoms with Crippen LogP contribution in [0.3, 0.4) is 0 Å². The summed E-state index contributed by atoms with van der Waals surface area (Å²) in [6.45, 7) is 4.92. The van der Waals surface area contributed by atoms with Gasteiger partial charge in [-0.3, -0.25) is 4.99 Å². The summed E-state index contributed by atoms with van der Waals surface area (Å²) in [5.41, 5.74) is 2.00. The van der Waals surface area contributed by atoms with E-state index < -0.39 is 0 Å². The highest BCUT2D eigenvalue weighted by Crippen LogP contribution is 2.23. The number of anilines is 1. The molecule has 0 N–H and O–H groups in total. The Morgan fingerprint density at radius 3 is 2.79 bits per heavy atom. The molecule has 126 valence electrons. The van der Waals surface area contributed by atoms with Crippen LogP contribution in [-0.4, -0.2) is 45.6 Å². The number of furan rings is 1. The van der Waals surface area contributed by atoms with Crippen molar-refractivity contribution in [3.63, 3.8) is 0 Å². The van der Waals surface area contributed by atoms with E-state index in [0.29, 0.717) is 30.2 Å². The van der Waals surface area contributed by atoms with Crippen molar-refractivity contribution < 1.29 is 18.7 Å². The molecule has 0 bridgehead atoms. The van der Waals surface area contributed by atoms with Gasteiger partial charge >= 0.3 is 5.97 Å². The molecule has 0 radical (unpaired) electrons. The van der Waals surface area contributed by atoms with Gasteiger partial charge < -0.3 is 18.8 Å². The highest BCUT2D eigenvalue weighted by molar-refractivity contribution is 5.93. The average molecular weight is 328 g/mol. The van der Waals surface area contributed by atoms with Crippen molar-refractivity contribution in [2.45, 2.75) is 6.92 Å². The number of methoxy groups -OCH3 is 1. The SMILES string of the molecule is COC(=O)c1cccc(N=Cc2ccc(N3CCOCC3)o2)c1C. The maximum absolute atomic E-state index is 11.7. The lowest BCUT2D eigenvalue weighted by molar-refractivity contribution is 0.0600. The first-order valence-electron chi connectivity index (χ1n) is 7.83. The van der Waals surface area contributed by atoms with E-state index in [1.54, 1.807) is 18.3 Å². The van der Waals surface area contributed by atoms with Crippen LogP contribution in [0.1, 0.15) is 21.7 Å². The molecule has 1 aliphatic rings. The summed E-state index contributed by atoms with van der Waals surface area (Å²) in [5.74, 6) is 1.12. The first-order chi connectivity index (χ1) is 11.7. The van der Waals surface area contributed by atoms with E-state index in [1.807, 2.05) is 25.1 Å². The van der Waals surface area contributed by atoms with Crippen LogP contribution in [0.25, 0.3) is 0 Å². The highest BCUT2D eigenvalue weighted by Gasteiger charge is 2.14. The molecule has 0 spiro atoms. The second-order valence-electron chi connectivity index (χ2n) is 5.47. The molecule has 0 saturated carbocycles. The number of rotatable bonds is 4. The van der Waals surface area contributed by atoms with E-state index in [4.69, 9.17) is 13.9 Å². The Kier molecular flexibility index (Phi) is 4.96. The molecule has 1 fully saturated rings. The minimum atomic E-state index is -0.364. The third kappa shape index (κ3) is 3.49. The summed E-state index contributed by atoms with van der Waals surface area (Å²) in [5, 5.41) is 0. The zero-order valence-corrected chi connectivity index (χ0v) is 13.8. The van der Waals surface area contributed by atoms with Gasteiger partial charge in [-0.1, -0.05) is 6.07 Å². The summed E-state index contributed by atoms with van der Waals surface area (Å²) in [4.78, 5) is 18.3. The van der Waals surface area contributed by atoms with Crippen molar-refractivity contribution in [2.24, 2.45) is 4.99 Å². The predicted octanol–water partition coefficient (Wildman–Crippen LogP) is 2.96. The molecule has 1 aliphatic heterocycles. The van der Waals surface area contributed by atoms with Gasteiger partial charge in [0.15, 0.2) is 5.88 Å². The maximum Gasteiger partial charge on any atom is 0.338 e. The molecule has 6 nitrogen and oxygen atoms in total. The number of ether oxygens (including phenoxy) is 2. The van der Waals surface area contributed by atoms with Crippen molar-refractivity contribution >= 4 is 23.8 Å². The Bertz CT molecular complexity index is 745. The normalized spacial score (nSPS) is 15.0. The quantitative estimate of drug-likeness (QED) is 0.638. The van der Waals surface area contributed by atoms with Gasteiger partial charge in [0.1, 0.15) is 5.76 Å². The molecule has 0 atom stereocenters. The van der Waals surface area contributed by atoms with Crippen molar-refractivity contribution in [1.29, 1.82) is 0 Å². The third-order valence-electron chi connectivity index (χ3n) is 3.98. The molecule has 0 unspecified atom stereocenters. The van der Waals surface area contributed by atoms with E-state index in [0.717, 1.165) is 24.5 Å². The first kappa shape index (κ1) is 16.3. The second kappa shape index (κ2) is 7.31. The number of hydrogen-bond acceptors (Lipinski definition) is 6. The number of aliphatic imine (C=N–C) groups is 1. The van der Waals surface area contributed by atoms with E-state index in [-0.39, 0.29) is 5.97 Å². The van der Waals surface area contributed by atoms with Crippen LogP contribution < -0.4 is 4.90 Å². The molecular weight excluding hydrogens is 308 g/mol. The highest BCUT2D eigenvalue weighted by atomic mass is 16.5. The molecule has 0 amide bonds. The number of hydrogen-bond donors (Lipinski definition) is 0. The summed E-state index contributed by atoms with van der Waals surface area (Å²) >= 11 is 0. The monoisotopic (exact) mass is 328 g/mol. The zero-order valence-electron chi connectivity index (χ0n) is 13.8. The number of morpholine rings is 1.